The van der Waals surface area contributed by atoms with Crippen LogP contribution in [0.25, 0.3) is 0 Å². The van der Waals surface area contributed by atoms with E-state index in [1.807, 2.05) is 6.07 Å². The van der Waals surface area contributed by atoms with Crippen molar-refractivity contribution in [2.24, 2.45) is 0 Å². The monoisotopic (exact) mass is 388 g/mol. The maximum absolute atomic E-state index is 12.4. The number of amides is 3. The van der Waals surface area contributed by atoms with Crippen molar-refractivity contribution < 1.29 is 23.9 Å². The predicted molar refractivity (Wildman–Crippen MR) is 102 cm³/mol. The van der Waals surface area contributed by atoms with E-state index in [2.05, 4.69) is 5.32 Å². The van der Waals surface area contributed by atoms with Crippen LogP contribution in [0.1, 0.15) is 27.2 Å². The Morgan fingerprint density at radius 3 is 2.75 bits per heavy atom. The molecule has 0 fully saturated rings. The molecule has 2 rings (SSSR count). The minimum absolute atomic E-state index is 0.180. The zero-order valence-corrected chi connectivity index (χ0v) is 16.4. The summed E-state index contributed by atoms with van der Waals surface area (Å²) in [5, 5.41) is 11.3. The highest BCUT2D eigenvalue weighted by Crippen LogP contribution is 2.34. The van der Waals surface area contributed by atoms with E-state index in [4.69, 9.17) is 14.7 Å². The molecular weight excluding hydrogens is 364 g/mol. The van der Waals surface area contributed by atoms with Gasteiger partial charge in [0.2, 0.25) is 5.91 Å². The van der Waals surface area contributed by atoms with Gasteiger partial charge in [0, 0.05) is 19.3 Å². The van der Waals surface area contributed by atoms with E-state index in [0.717, 1.165) is 0 Å². The van der Waals surface area contributed by atoms with Gasteiger partial charge in [0.05, 0.1) is 18.2 Å². The lowest BCUT2D eigenvalue weighted by molar-refractivity contribution is -0.130. The van der Waals surface area contributed by atoms with Crippen molar-refractivity contribution in [3.8, 4) is 11.8 Å². The van der Waals surface area contributed by atoms with Crippen LogP contribution in [-0.4, -0.2) is 55.2 Å². The van der Waals surface area contributed by atoms with Gasteiger partial charge in [0.1, 0.15) is 17.9 Å². The summed E-state index contributed by atoms with van der Waals surface area (Å²) < 4.78 is 10.6. The highest BCUT2D eigenvalue weighted by molar-refractivity contribution is 6.03. The fourth-order valence-electron chi connectivity index (χ4n) is 2.47. The predicted octanol–water partition coefficient (Wildman–Crippen LogP) is 2.13. The lowest BCUT2D eigenvalue weighted by atomic mass is 10.2. The lowest BCUT2D eigenvalue weighted by Gasteiger charge is -2.30. The summed E-state index contributed by atoms with van der Waals surface area (Å²) >= 11 is 0. The molecule has 1 heterocycles. The second kappa shape index (κ2) is 8.61. The van der Waals surface area contributed by atoms with Crippen LogP contribution >= 0.6 is 0 Å². The molecule has 1 N–H and O–H groups in total. The minimum Gasteiger partial charge on any atom is -0.482 e. The number of carbonyl (C=O) groups is 3. The van der Waals surface area contributed by atoms with Gasteiger partial charge in [-0.2, -0.15) is 5.26 Å². The molecule has 1 aliphatic rings. The second-order valence-electron chi connectivity index (χ2n) is 7.30. The SMILES string of the molecule is CN(CCC#N)C(=O)CN1C(=O)COc2ccc(NC(=O)OC(C)(C)C)cc21. The Hall–Kier alpha value is -3.28. The van der Waals surface area contributed by atoms with E-state index in [1.165, 1.54) is 9.80 Å². The van der Waals surface area contributed by atoms with Gasteiger partial charge in [0.25, 0.3) is 5.91 Å². The molecule has 0 radical (unpaired) electrons. The van der Waals surface area contributed by atoms with Crippen molar-refractivity contribution in [1.29, 1.82) is 5.26 Å². The average Bonchev–Trinajstić information content (AvgIpc) is 2.60. The first-order chi connectivity index (χ1) is 13.1. The number of hydrogen-bond donors (Lipinski definition) is 1. The molecule has 3 amide bonds. The van der Waals surface area contributed by atoms with E-state index in [9.17, 15) is 14.4 Å². The summed E-state index contributed by atoms with van der Waals surface area (Å²) in [5.41, 5.74) is 0.137. The molecule has 0 bridgehead atoms. The second-order valence-corrected chi connectivity index (χ2v) is 7.30. The Morgan fingerprint density at radius 2 is 2.11 bits per heavy atom. The number of hydrogen-bond acceptors (Lipinski definition) is 6. The van der Waals surface area contributed by atoms with E-state index in [-0.39, 0.29) is 37.9 Å². The molecule has 0 aromatic heterocycles. The largest absolute Gasteiger partial charge is 0.482 e. The quantitative estimate of drug-likeness (QED) is 0.827. The number of nitriles is 1. The van der Waals surface area contributed by atoms with Gasteiger partial charge in [-0.25, -0.2) is 4.79 Å². The van der Waals surface area contributed by atoms with Crippen LogP contribution in [-0.2, 0) is 14.3 Å². The van der Waals surface area contributed by atoms with Gasteiger partial charge >= 0.3 is 6.09 Å². The van der Waals surface area contributed by atoms with Crippen molar-refractivity contribution in [2.45, 2.75) is 32.8 Å². The number of anilines is 2. The Labute approximate surface area is 163 Å². The summed E-state index contributed by atoms with van der Waals surface area (Å²) in [6.45, 7) is 5.17. The van der Waals surface area contributed by atoms with Gasteiger partial charge in [-0.15, -0.1) is 0 Å². The van der Waals surface area contributed by atoms with Crippen LogP contribution in [0, 0.1) is 11.3 Å². The number of nitrogens with zero attached hydrogens (tertiary/aromatic N) is 3. The zero-order valence-electron chi connectivity index (χ0n) is 16.4. The molecule has 0 aliphatic carbocycles. The summed E-state index contributed by atoms with van der Waals surface area (Å²) in [5.74, 6) is -0.243. The Bertz CT molecular complexity index is 810. The van der Waals surface area contributed by atoms with E-state index in [0.29, 0.717) is 17.1 Å². The molecular formula is C19H24N4O5. The Kier molecular flexibility index (Phi) is 6.46. The average molecular weight is 388 g/mol. The highest BCUT2D eigenvalue weighted by atomic mass is 16.6. The molecule has 1 aromatic rings. The first kappa shape index (κ1) is 21.0. The van der Waals surface area contributed by atoms with E-state index in [1.54, 1.807) is 46.0 Å². The molecule has 0 atom stereocenters. The first-order valence-electron chi connectivity index (χ1n) is 8.79. The topological polar surface area (TPSA) is 112 Å². The number of nitrogens with one attached hydrogen (secondary N) is 1. The Balaban J connectivity index is 2.18. The Morgan fingerprint density at radius 1 is 1.39 bits per heavy atom. The van der Waals surface area contributed by atoms with Crippen LogP contribution in [0.2, 0.25) is 0 Å². The molecule has 0 saturated heterocycles. The fourth-order valence-corrected chi connectivity index (χ4v) is 2.47. The van der Waals surface area contributed by atoms with Crippen LogP contribution in [0.4, 0.5) is 16.2 Å². The molecule has 28 heavy (non-hydrogen) atoms. The van der Waals surface area contributed by atoms with Crippen molar-refractivity contribution in [2.75, 3.05) is 37.0 Å². The van der Waals surface area contributed by atoms with Crippen LogP contribution in [0.15, 0.2) is 18.2 Å². The van der Waals surface area contributed by atoms with Gasteiger partial charge in [-0.3, -0.25) is 19.8 Å². The summed E-state index contributed by atoms with van der Waals surface area (Å²) in [4.78, 5) is 39.4. The summed E-state index contributed by atoms with van der Waals surface area (Å²) in [6.07, 6.45) is -0.422. The number of carbonyl (C=O) groups excluding carboxylic acids is 3. The van der Waals surface area contributed by atoms with Gasteiger partial charge in [0.15, 0.2) is 6.61 Å². The van der Waals surface area contributed by atoms with Gasteiger partial charge in [-0.05, 0) is 39.0 Å². The lowest BCUT2D eigenvalue weighted by Crippen LogP contribution is -2.45. The molecule has 9 heteroatoms. The van der Waals surface area contributed by atoms with E-state index >= 15 is 0 Å². The number of rotatable bonds is 5. The molecule has 0 unspecified atom stereocenters. The van der Waals surface area contributed by atoms with Gasteiger partial charge in [-0.1, -0.05) is 0 Å². The normalized spacial score (nSPS) is 13.1. The third kappa shape index (κ3) is 5.61. The van der Waals surface area contributed by atoms with Crippen LogP contribution in [0.3, 0.4) is 0 Å². The van der Waals surface area contributed by atoms with E-state index < -0.39 is 11.7 Å². The molecule has 1 aliphatic heterocycles. The first-order valence-corrected chi connectivity index (χ1v) is 8.79. The fraction of sp³-hybridized carbons (Fsp3) is 0.474. The van der Waals surface area contributed by atoms with Crippen LogP contribution in [0.5, 0.6) is 5.75 Å². The molecule has 1 aromatic carbocycles. The van der Waals surface area contributed by atoms with Crippen molar-refractivity contribution in [1.82, 2.24) is 4.90 Å². The third-order valence-electron chi connectivity index (χ3n) is 3.83. The summed E-state index contributed by atoms with van der Waals surface area (Å²) in [7, 11) is 1.58. The van der Waals surface area contributed by atoms with Crippen molar-refractivity contribution >= 4 is 29.3 Å². The van der Waals surface area contributed by atoms with Crippen molar-refractivity contribution in [3.63, 3.8) is 0 Å². The number of fused-ring (bicyclic) bond motifs is 1. The number of ether oxygens (including phenoxy) is 2. The molecule has 0 spiro atoms. The molecule has 150 valence electrons. The number of benzene rings is 1. The maximum atomic E-state index is 12.4. The van der Waals surface area contributed by atoms with Gasteiger partial charge < -0.3 is 14.4 Å². The zero-order chi connectivity index (χ0) is 20.9. The highest BCUT2D eigenvalue weighted by Gasteiger charge is 2.29. The minimum atomic E-state index is -0.649. The van der Waals surface area contributed by atoms with Crippen molar-refractivity contribution in [3.05, 3.63) is 18.2 Å². The maximum Gasteiger partial charge on any atom is 0.412 e. The standard InChI is InChI=1S/C19H24N4O5/c1-19(2,3)28-18(26)21-13-6-7-15-14(10-13)23(17(25)12-27-15)11-16(24)22(4)9-5-8-20/h6-7,10H,5,9,11-12H2,1-4H3,(H,21,26). The third-order valence-corrected chi connectivity index (χ3v) is 3.83. The molecule has 9 nitrogen and oxygen atoms in total. The summed E-state index contributed by atoms with van der Waals surface area (Å²) in [6, 6.07) is 6.77. The molecule has 0 saturated carbocycles. The smallest absolute Gasteiger partial charge is 0.412 e. The number of likely N-dealkylation sites (N-methyl/N-ethyl adjacent to an activating group) is 1. The van der Waals surface area contributed by atoms with Crippen LogP contribution < -0.4 is 15.0 Å².